The molecule has 0 amide bonds. The summed E-state index contributed by atoms with van der Waals surface area (Å²) in [4.78, 5) is 0. The largest absolute Gasteiger partial charge is 0.237 e. The lowest BCUT2D eigenvalue weighted by atomic mass is 10.1. The topological polar surface area (TPSA) is 19.9 Å². The first-order chi connectivity index (χ1) is 4.77. The van der Waals surface area contributed by atoms with E-state index in [1.165, 1.54) is 0 Å². The summed E-state index contributed by atoms with van der Waals surface area (Å²) in [5.41, 5.74) is 0. The maximum Gasteiger partial charge on any atom is 0.0822 e. The molecule has 0 saturated carbocycles. The summed E-state index contributed by atoms with van der Waals surface area (Å²) in [7, 11) is 0. The minimum Gasteiger partial charge on any atom is -0.237 e. The van der Waals surface area contributed by atoms with E-state index < -0.39 is 0 Å². The Labute approximate surface area is 63.8 Å². The van der Waals surface area contributed by atoms with Crippen LogP contribution >= 0.6 is 0 Å². The minimum absolute atomic E-state index is 0.0789. The van der Waals surface area contributed by atoms with Crippen LogP contribution in [0.15, 0.2) is 12.2 Å². The van der Waals surface area contributed by atoms with E-state index in [-0.39, 0.29) is 6.61 Å². The van der Waals surface area contributed by atoms with Crippen molar-refractivity contribution in [3.8, 4) is 0 Å². The van der Waals surface area contributed by atoms with Crippen LogP contribution in [0.25, 0.3) is 0 Å². The van der Waals surface area contributed by atoms with Gasteiger partial charge < -0.3 is 0 Å². The van der Waals surface area contributed by atoms with E-state index in [9.17, 15) is 5.11 Å². The Bertz CT molecular complexity index is 84.7. The van der Waals surface area contributed by atoms with E-state index in [1.807, 2.05) is 0 Å². The highest BCUT2D eigenvalue weighted by molar-refractivity contribution is 4.83. The predicted octanol–water partition coefficient (Wildman–Crippen LogP) is 2.80. The minimum atomic E-state index is 0.0789. The maximum absolute atomic E-state index is 10.0. The van der Waals surface area contributed by atoms with Crippen LogP contribution < -0.4 is 0 Å². The number of unbranched alkanes of at least 4 members (excludes halogenated alkanes) is 2. The standard InChI is InChI=1S/C9H17O/c1-9(2)7-5-3-4-6-8-10/h5,7,9H,3-4,6,8H2,1-2H3. The molecule has 0 aromatic carbocycles. The van der Waals surface area contributed by atoms with Crippen molar-refractivity contribution in [3.05, 3.63) is 12.2 Å². The van der Waals surface area contributed by atoms with E-state index >= 15 is 0 Å². The number of allylic oxidation sites excluding steroid dienone is 2. The highest BCUT2D eigenvalue weighted by atomic mass is 16.2. The third kappa shape index (κ3) is 7.70. The molecule has 0 N–H and O–H groups in total. The molecule has 0 heterocycles. The average molecular weight is 141 g/mol. The zero-order chi connectivity index (χ0) is 7.82. The molecule has 1 radical (unpaired) electrons. The van der Waals surface area contributed by atoms with E-state index in [2.05, 4.69) is 26.0 Å². The quantitative estimate of drug-likeness (QED) is 0.414. The van der Waals surface area contributed by atoms with Crippen molar-refractivity contribution < 1.29 is 5.11 Å². The van der Waals surface area contributed by atoms with Crippen molar-refractivity contribution in [1.29, 1.82) is 0 Å². The normalized spacial score (nSPS) is 11.6. The van der Waals surface area contributed by atoms with Crippen molar-refractivity contribution in [2.75, 3.05) is 6.61 Å². The summed E-state index contributed by atoms with van der Waals surface area (Å²) in [5, 5.41) is 10.0. The summed E-state index contributed by atoms with van der Waals surface area (Å²) < 4.78 is 0. The van der Waals surface area contributed by atoms with Crippen molar-refractivity contribution in [1.82, 2.24) is 0 Å². The number of hydrogen-bond donors (Lipinski definition) is 0. The van der Waals surface area contributed by atoms with Gasteiger partial charge in [-0.25, -0.2) is 5.11 Å². The van der Waals surface area contributed by atoms with Gasteiger partial charge in [0.2, 0.25) is 0 Å². The van der Waals surface area contributed by atoms with Crippen molar-refractivity contribution >= 4 is 0 Å². The second-order valence-corrected chi connectivity index (χ2v) is 2.87. The zero-order valence-corrected chi connectivity index (χ0v) is 6.97. The van der Waals surface area contributed by atoms with Crippen LogP contribution in [0.5, 0.6) is 0 Å². The molecule has 0 bridgehead atoms. The fourth-order valence-corrected chi connectivity index (χ4v) is 0.733. The Morgan fingerprint density at radius 2 is 2.00 bits per heavy atom. The Balaban J connectivity index is 3.02. The van der Waals surface area contributed by atoms with Gasteiger partial charge >= 0.3 is 0 Å². The molecule has 0 aromatic rings. The van der Waals surface area contributed by atoms with Crippen molar-refractivity contribution in [3.63, 3.8) is 0 Å². The summed E-state index contributed by atoms with van der Waals surface area (Å²) in [6.07, 6.45) is 7.29. The second-order valence-electron chi connectivity index (χ2n) is 2.87. The van der Waals surface area contributed by atoms with Gasteiger partial charge in [0.05, 0.1) is 6.61 Å². The Kier molecular flexibility index (Phi) is 6.61. The Morgan fingerprint density at radius 3 is 2.50 bits per heavy atom. The van der Waals surface area contributed by atoms with Gasteiger partial charge in [-0.05, 0) is 25.2 Å². The van der Waals surface area contributed by atoms with Gasteiger partial charge in [-0.3, -0.25) is 0 Å². The van der Waals surface area contributed by atoms with Gasteiger partial charge in [0.25, 0.3) is 0 Å². The summed E-state index contributed by atoms with van der Waals surface area (Å²) in [5.74, 6) is 0.646. The van der Waals surface area contributed by atoms with Crippen LogP contribution in [0.3, 0.4) is 0 Å². The summed E-state index contributed by atoms with van der Waals surface area (Å²) in [6, 6.07) is 0. The van der Waals surface area contributed by atoms with Crippen molar-refractivity contribution in [2.45, 2.75) is 33.1 Å². The fourth-order valence-electron chi connectivity index (χ4n) is 0.733. The molecule has 10 heavy (non-hydrogen) atoms. The fraction of sp³-hybridized carbons (Fsp3) is 0.778. The highest BCUT2D eigenvalue weighted by Crippen LogP contribution is 1.99. The first-order valence-corrected chi connectivity index (χ1v) is 4.02. The second kappa shape index (κ2) is 6.81. The van der Waals surface area contributed by atoms with Crippen LogP contribution in [0.1, 0.15) is 33.1 Å². The van der Waals surface area contributed by atoms with Gasteiger partial charge in [0, 0.05) is 0 Å². The molecular formula is C9H17O. The van der Waals surface area contributed by atoms with Gasteiger partial charge in [-0.2, -0.15) is 0 Å². The smallest absolute Gasteiger partial charge is 0.0822 e. The molecule has 0 rings (SSSR count). The van der Waals surface area contributed by atoms with Crippen LogP contribution in [-0.4, -0.2) is 6.61 Å². The van der Waals surface area contributed by atoms with Crippen molar-refractivity contribution in [2.24, 2.45) is 5.92 Å². The third-order valence-electron chi connectivity index (χ3n) is 1.29. The first-order valence-electron chi connectivity index (χ1n) is 4.02. The van der Waals surface area contributed by atoms with Crippen LogP contribution in [0.2, 0.25) is 0 Å². The van der Waals surface area contributed by atoms with Gasteiger partial charge in [-0.1, -0.05) is 26.0 Å². The van der Waals surface area contributed by atoms with E-state index in [0.717, 1.165) is 19.3 Å². The van der Waals surface area contributed by atoms with Crippen LogP contribution in [0.4, 0.5) is 0 Å². The summed E-state index contributed by atoms with van der Waals surface area (Å²) in [6.45, 7) is 4.39. The predicted molar refractivity (Wildman–Crippen MR) is 43.4 cm³/mol. The molecule has 0 unspecified atom stereocenters. The molecule has 59 valence electrons. The lowest BCUT2D eigenvalue weighted by Gasteiger charge is -1.93. The SMILES string of the molecule is CC(C)C=CCCCC[O]. The average Bonchev–Trinajstić information content (AvgIpc) is 1.87. The molecule has 0 aliphatic rings. The molecular weight excluding hydrogens is 124 g/mol. The van der Waals surface area contributed by atoms with Gasteiger partial charge in [0.15, 0.2) is 0 Å². The monoisotopic (exact) mass is 141 g/mol. The molecule has 0 fully saturated rings. The molecule has 1 heteroatoms. The molecule has 0 aromatic heterocycles. The summed E-state index contributed by atoms with van der Waals surface area (Å²) >= 11 is 0. The Hall–Kier alpha value is -0.300. The lowest BCUT2D eigenvalue weighted by Crippen LogP contribution is -1.80. The first kappa shape index (κ1) is 9.70. The zero-order valence-electron chi connectivity index (χ0n) is 6.97. The molecule has 0 spiro atoms. The van der Waals surface area contributed by atoms with E-state index in [1.54, 1.807) is 0 Å². The lowest BCUT2D eigenvalue weighted by molar-refractivity contribution is 0.187. The van der Waals surface area contributed by atoms with Crippen LogP contribution in [0, 0.1) is 5.92 Å². The van der Waals surface area contributed by atoms with Gasteiger partial charge in [-0.15, -0.1) is 0 Å². The molecule has 1 nitrogen and oxygen atoms in total. The maximum atomic E-state index is 10.0. The van der Waals surface area contributed by atoms with Gasteiger partial charge in [0.1, 0.15) is 0 Å². The van der Waals surface area contributed by atoms with E-state index in [4.69, 9.17) is 0 Å². The Morgan fingerprint density at radius 1 is 1.30 bits per heavy atom. The van der Waals surface area contributed by atoms with Crippen LogP contribution in [-0.2, 0) is 5.11 Å². The molecule has 0 saturated heterocycles. The third-order valence-corrected chi connectivity index (χ3v) is 1.29. The number of hydrogen-bond acceptors (Lipinski definition) is 0. The molecule has 0 aliphatic carbocycles. The van der Waals surface area contributed by atoms with E-state index in [0.29, 0.717) is 5.92 Å². The highest BCUT2D eigenvalue weighted by Gasteiger charge is 1.84. The number of rotatable bonds is 5. The molecule has 0 atom stereocenters. The molecule has 0 aliphatic heterocycles.